The Morgan fingerprint density at radius 2 is 2.00 bits per heavy atom. The molecule has 0 N–H and O–H groups in total. The van der Waals surface area contributed by atoms with Gasteiger partial charge in [0.1, 0.15) is 0 Å². The fourth-order valence-electron chi connectivity index (χ4n) is 2.21. The predicted octanol–water partition coefficient (Wildman–Crippen LogP) is 3.76. The number of carbonyl (C=O) groups is 2. The first kappa shape index (κ1) is 20.2. The number of hydrogen-bond donors (Lipinski definition) is 1. The summed E-state index contributed by atoms with van der Waals surface area (Å²) in [4.78, 5) is 25.8. The number of carbonyl (C=O) groups excluding carboxylic acids is 2. The first-order valence-electron chi connectivity index (χ1n) is 7.73. The number of rotatable bonds is 10. The zero-order valence-electron chi connectivity index (χ0n) is 13.8. The van der Waals surface area contributed by atoms with Gasteiger partial charge in [-0.15, -0.1) is 23.4 Å². The molecule has 2 amide bonds. The topological polar surface area (TPSA) is 46.6 Å². The minimum atomic E-state index is -0.258. The molecule has 1 aliphatic heterocycles. The number of ether oxygens (including phenoxy) is 1. The van der Waals surface area contributed by atoms with E-state index in [0.29, 0.717) is 13.0 Å². The Balaban J connectivity index is 2.33. The van der Waals surface area contributed by atoms with E-state index in [-0.39, 0.29) is 27.2 Å². The van der Waals surface area contributed by atoms with Crippen LogP contribution in [0.1, 0.15) is 53.4 Å². The molecular formula is C15H27NO3S3. The van der Waals surface area contributed by atoms with Gasteiger partial charge in [-0.25, -0.2) is 0 Å². The van der Waals surface area contributed by atoms with E-state index in [9.17, 15) is 9.59 Å². The minimum absolute atomic E-state index is 0.0381. The molecule has 1 saturated heterocycles. The standard InChI is InChI=1S/C15H27NO3S3/c1-11(2)19-9-7-5-6-8-16-13(17)10-12(14(16)18)21-15(3,4)22-20/h11-12,20H,5-10H2,1-4H3. The highest BCUT2D eigenvalue weighted by Gasteiger charge is 2.41. The second-order valence-corrected chi connectivity index (χ2v) is 10.0. The molecule has 1 fully saturated rings. The van der Waals surface area contributed by atoms with Crippen molar-refractivity contribution in [2.75, 3.05) is 13.2 Å². The van der Waals surface area contributed by atoms with Crippen molar-refractivity contribution in [3.05, 3.63) is 0 Å². The summed E-state index contributed by atoms with van der Waals surface area (Å²) in [5.74, 6) is -0.0789. The highest BCUT2D eigenvalue weighted by Crippen LogP contribution is 2.43. The summed E-state index contributed by atoms with van der Waals surface area (Å²) in [7, 11) is 1.41. The maximum Gasteiger partial charge on any atom is 0.242 e. The fraction of sp³-hybridized carbons (Fsp3) is 0.867. The van der Waals surface area contributed by atoms with Gasteiger partial charge < -0.3 is 4.74 Å². The molecule has 0 bridgehead atoms. The van der Waals surface area contributed by atoms with E-state index in [1.165, 1.54) is 27.5 Å². The average molecular weight is 366 g/mol. The first-order valence-corrected chi connectivity index (χ1v) is 10.5. The zero-order chi connectivity index (χ0) is 16.8. The summed E-state index contributed by atoms with van der Waals surface area (Å²) >= 11 is 5.76. The molecule has 1 atom stereocenters. The van der Waals surface area contributed by atoms with Crippen LogP contribution in [0.15, 0.2) is 0 Å². The van der Waals surface area contributed by atoms with Gasteiger partial charge in [0.05, 0.1) is 15.4 Å². The third-order valence-electron chi connectivity index (χ3n) is 3.33. The molecule has 0 spiro atoms. The van der Waals surface area contributed by atoms with Crippen molar-refractivity contribution in [3.8, 4) is 0 Å². The molecule has 1 unspecified atom stereocenters. The number of amides is 2. The largest absolute Gasteiger partial charge is 0.379 e. The third-order valence-corrected chi connectivity index (χ3v) is 7.26. The number of imide groups is 1. The molecule has 0 radical (unpaired) electrons. The van der Waals surface area contributed by atoms with Gasteiger partial charge in [-0.3, -0.25) is 14.5 Å². The molecule has 7 heteroatoms. The summed E-state index contributed by atoms with van der Waals surface area (Å²) in [6.45, 7) is 9.35. The monoisotopic (exact) mass is 365 g/mol. The van der Waals surface area contributed by atoms with Crippen molar-refractivity contribution < 1.29 is 14.3 Å². The summed E-state index contributed by atoms with van der Waals surface area (Å²) < 4.78 is 5.31. The van der Waals surface area contributed by atoms with Crippen molar-refractivity contribution in [3.63, 3.8) is 0 Å². The van der Waals surface area contributed by atoms with Crippen LogP contribution in [0.4, 0.5) is 0 Å². The van der Waals surface area contributed by atoms with Crippen molar-refractivity contribution in [2.24, 2.45) is 0 Å². The van der Waals surface area contributed by atoms with Crippen molar-refractivity contribution in [1.82, 2.24) is 4.90 Å². The first-order chi connectivity index (χ1) is 10.3. The van der Waals surface area contributed by atoms with Crippen LogP contribution in [-0.4, -0.2) is 45.3 Å². The average Bonchev–Trinajstić information content (AvgIpc) is 2.68. The lowest BCUT2D eigenvalue weighted by atomic mass is 10.2. The Morgan fingerprint density at radius 1 is 1.32 bits per heavy atom. The second-order valence-electron chi connectivity index (χ2n) is 6.17. The Morgan fingerprint density at radius 3 is 2.59 bits per heavy atom. The van der Waals surface area contributed by atoms with Crippen LogP contribution in [0, 0.1) is 0 Å². The van der Waals surface area contributed by atoms with Gasteiger partial charge in [0.25, 0.3) is 0 Å². The molecule has 22 heavy (non-hydrogen) atoms. The van der Waals surface area contributed by atoms with Gasteiger partial charge >= 0.3 is 0 Å². The van der Waals surface area contributed by atoms with Crippen LogP contribution < -0.4 is 0 Å². The highest BCUT2D eigenvalue weighted by molar-refractivity contribution is 8.71. The van der Waals surface area contributed by atoms with E-state index in [2.05, 4.69) is 11.7 Å². The Labute approximate surface area is 147 Å². The van der Waals surface area contributed by atoms with E-state index in [0.717, 1.165) is 25.9 Å². The Kier molecular flexibility index (Phi) is 8.67. The van der Waals surface area contributed by atoms with Crippen molar-refractivity contribution in [1.29, 1.82) is 0 Å². The quantitative estimate of drug-likeness (QED) is 0.210. The van der Waals surface area contributed by atoms with E-state index in [4.69, 9.17) is 4.74 Å². The summed E-state index contributed by atoms with van der Waals surface area (Å²) in [5, 5.41) is -0.258. The van der Waals surface area contributed by atoms with E-state index in [1.807, 2.05) is 27.7 Å². The number of likely N-dealkylation sites (tertiary alicyclic amines) is 1. The van der Waals surface area contributed by atoms with E-state index < -0.39 is 0 Å². The lowest BCUT2D eigenvalue weighted by Crippen LogP contribution is -2.33. The molecule has 4 nitrogen and oxygen atoms in total. The summed E-state index contributed by atoms with van der Waals surface area (Å²) in [5.41, 5.74) is 0. The number of thiol groups is 1. The normalized spacial score (nSPS) is 19.5. The minimum Gasteiger partial charge on any atom is -0.379 e. The molecule has 0 aliphatic carbocycles. The van der Waals surface area contributed by atoms with Crippen LogP contribution in [-0.2, 0) is 14.3 Å². The lowest BCUT2D eigenvalue weighted by Gasteiger charge is -2.23. The van der Waals surface area contributed by atoms with E-state index >= 15 is 0 Å². The molecule has 128 valence electrons. The van der Waals surface area contributed by atoms with Gasteiger partial charge in [-0.1, -0.05) is 10.8 Å². The van der Waals surface area contributed by atoms with Crippen LogP contribution in [0.25, 0.3) is 0 Å². The van der Waals surface area contributed by atoms with Gasteiger partial charge in [-0.05, 0) is 47.0 Å². The molecule has 0 saturated carbocycles. The zero-order valence-corrected chi connectivity index (χ0v) is 16.4. The highest BCUT2D eigenvalue weighted by atomic mass is 33.1. The smallest absolute Gasteiger partial charge is 0.242 e. The SMILES string of the molecule is CC(C)OCCCCCN1C(=O)CC(SC(C)(C)SS)C1=O. The fourth-order valence-corrected chi connectivity index (χ4v) is 4.26. The summed E-state index contributed by atoms with van der Waals surface area (Å²) in [6, 6.07) is 0. The van der Waals surface area contributed by atoms with Crippen molar-refractivity contribution >= 4 is 46.0 Å². The molecule has 1 aliphatic rings. The van der Waals surface area contributed by atoms with Gasteiger partial charge in [0.15, 0.2) is 0 Å². The second kappa shape index (κ2) is 9.45. The number of thioether (sulfide) groups is 1. The predicted molar refractivity (Wildman–Crippen MR) is 98.3 cm³/mol. The molecule has 0 aromatic carbocycles. The molecule has 1 heterocycles. The summed E-state index contributed by atoms with van der Waals surface area (Å²) in [6.07, 6.45) is 3.36. The Hall–Kier alpha value is 0.150. The van der Waals surface area contributed by atoms with Crippen molar-refractivity contribution in [2.45, 2.75) is 68.8 Å². The lowest BCUT2D eigenvalue weighted by molar-refractivity contribution is -0.138. The van der Waals surface area contributed by atoms with Gasteiger partial charge in [0, 0.05) is 19.6 Å². The molecule has 1 rings (SSSR count). The van der Waals surface area contributed by atoms with Gasteiger partial charge in [-0.2, -0.15) is 0 Å². The maximum absolute atomic E-state index is 12.3. The Bertz CT molecular complexity index is 388. The van der Waals surface area contributed by atoms with Crippen LogP contribution in [0.2, 0.25) is 0 Å². The van der Waals surface area contributed by atoms with Crippen LogP contribution in [0.5, 0.6) is 0 Å². The van der Waals surface area contributed by atoms with E-state index in [1.54, 1.807) is 0 Å². The van der Waals surface area contributed by atoms with Gasteiger partial charge in [0.2, 0.25) is 11.8 Å². The molecule has 0 aromatic rings. The number of nitrogens with zero attached hydrogens (tertiary/aromatic N) is 1. The number of unbranched alkanes of at least 4 members (excludes halogenated alkanes) is 2. The number of hydrogen-bond acceptors (Lipinski definition) is 6. The maximum atomic E-state index is 12.3. The third kappa shape index (κ3) is 6.72. The van der Waals surface area contributed by atoms with Crippen LogP contribution in [0.3, 0.4) is 0 Å². The molecule has 0 aromatic heterocycles. The van der Waals surface area contributed by atoms with Crippen LogP contribution >= 0.6 is 34.2 Å². The molecular weight excluding hydrogens is 338 g/mol.